The van der Waals surface area contributed by atoms with Crippen LogP contribution in [0.2, 0.25) is 0 Å². The lowest BCUT2D eigenvalue weighted by atomic mass is 10.0. The summed E-state index contributed by atoms with van der Waals surface area (Å²) in [5, 5.41) is 3.40. The fraction of sp³-hybridized carbons (Fsp3) is 0.500. The van der Waals surface area contributed by atoms with E-state index in [9.17, 15) is 9.18 Å². The summed E-state index contributed by atoms with van der Waals surface area (Å²) in [4.78, 5) is 17.0. The molecule has 1 aromatic heterocycles. The van der Waals surface area contributed by atoms with Crippen molar-refractivity contribution in [2.45, 2.75) is 31.8 Å². The summed E-state index contributed by atoms with van der Waals surface area (Å²) in [6.07, 6.45) is 5.08. The Hall–Kier alpha value is -1.70. The number of furan rings is 1. The third-order valence-corrected chi connectivity index (χ3v) is 6.20. The first-order valence-electron chi connectivity index (χ1n) is 10.3. The summed E-state index contributed by atoms with van der Waals surface area (Å²) in [5.41, 5.74) is 0.903. The number of carbonyl (C=O) groups is 1. The minimum atomic E-state index is -0.254. The molecule has 1 aliphatic heterocycles. The predicted octanol–water partition coefficient (Wildman–Crippen LogP) is 3.96. The normalized spacial score (nSPS) is 18.8. The van der Waals surface area contributed by atoms with Gasteiger partial charge in [0.25, 0.3) is 0 Å². The third kappa shape index (κ3) is 5.90. The lowest BCUT2D eigenvalue weighted by Crippen LogP contribution is -2.50. The SMILES string of the molecule is O=C(CNC(CC1CC1)c1cc(F)cc(Br)c1)N1CCN(Cc2ccco2)CC1. The summed E-state index contributed by atoms with van der Waals surface area (Å²) in [6, 6.07) is 8.86. The number of rotatable bonds is 8. The first-order valence-corrected chi connectivity index (χ1v) is 11.1. The number of benzene rings is 1. The molecule has 0 bridgehead atoms. The molecule has 1 atom stereocenters. The zero-order valence-electron chi connectivity index (χ0n) is 16.4. The first-order chi connectivity index (χ1) is 14.1. The monoisotopic (exact) mass is 463 g/mol. The molecule has 1 saturated heterocycles. The number of piperazine rings is 1. The van der Waals surface area contributed by atoms with Crippen LogP contribution in [0.3, 0.4) is 0 Å². The molecule has 1 aromatic carbocycles. The highest BCUT2D eigenvalue weighted by Crippen LogP contribution is 2.38. The van der Waals surface area contributed by atoms with Gasteiger partial charge in [-0.2, -0.15) is 0 Å². The van der Waals surface area contributed by atoms with Crippen molar-refractivity contribution in [3.05, 3.63) is 58.2 Å². The van der Waals surface area contributed by atoms with Crippen LogP contribution in [-0.4, -0.2) is 48.4 Å². The van der Waals surface area contributed by atoms with E-state index in [2.05, 4.69) is 26.1 Å². The van der Waals surface area contributed by atoms with Gasteiger partial charge in [0.1, 0.15) is 11.6 Å². The Balaban J connectivity index is 1.29. The smallest absolute Gasteiger partial charge is 0.236 e. The largest absolute Gasteiger partial charge is 0.468 e. The van der Waals surface area contributed by atoms with Crippen LogP contribution in [-0.2, 0) is 11.3 Å². The molecule has 2 fully saturated rings. The van der Waals surface area contributed by atoms with Crippen LogP contribution >= 0.6 is 15.9 Å². The average Bonchev–Trinajstić information content (AvgIpc) is 3.38. The maximum atomic E-state index is 13.9. The molecule has 0 spiro atoms. The van der Waals surface area contributed by atoms with Crippen LogP contribution in [0.25, 0.3) is 0 Å². The van der Waals surface area contributed by atoms with Crippen molar-refractivity contribution in [2.75, 3.05) is 32.7 Å². The maximum Gasteiger partial charge on any atom is 0.236 e. The van der Waals surface area contributed by atoms with Crippen LogP contribution < -0.4 is 5.32 Å². The molecule has 1 saturated carbocycles. The average molecular weight is 464 g/mol. The van der Waals surface area contributed by atoms with Gasteiger partial charge in [0.2, 0.25) is 5.91 Å². The number of carbonyl (C=O) groups excluding carboxylic acids is 1. The standard InChI is InChI=1S/C22H27BrFN3O2/c23-18-11-17(12-19(24)13-18)21(10-16-3-4-16)25-14-22(28)27-7-5-26(6-8-27)15-20-2-1-9-29-20/h1-2,9,11-13,16,21,25H,3-8,10,14-15H2. The van der Waals surface area contributed by atoms with E-state index in [-0.39, 0.29) is 24.3 Å². The van der Waals surface area contributed by atoms with E-state index in [1.165, 1.54) is 18.9 Å². The van der Waals surface area contributed by atoms with E-state index in [0.29, 0.717) is 5.92 Å². The Morgan fingerprint density at radius 3 is 2.69 bits per heavy atom. The van der Waals surface area contributed by atoms with Gasteiger partial charge in [-0.3, -0.25) is 9.69 Å². The minimum Gasteiger partial charge on any atom is -0.468 e. The van der Waals surface area contributed by atoms with Crippen LogP contribution in [0.15, 0.2) is 45.5 Å². The predicted molar refractivity (Wildman–Crippen MR) is 113 cm³/mol. The van der Waals surface area contributed by atoms with E-state index in [1.807, 2.05) is 23.1 Å². The summed E-state index contributed by atoms with van der Waals surface area (Å²) in [6.45, 7) is 4.19. The van der Waals surface area contributed by atoms with Gasteiger partial charge in [-0.1, -0.05) is 28.8 Å². The molecule has 1 aliphatic carbocycles. The van der Waals surface area contributed by atoms with Gasteiger partial charge >= 0.3 is 0 Å². The molecule has 4 rings (SSSR count). The quantitative estimate of drug-likeness (QED) is 0.643. The summed E-state index contributed by atoms with van der Waals surface area (Å²) in [7, 11) is 0. The van der Waals surface area contributed by atoms with Crippen molar-refractivity contribution < 1.29 is 13.6 Å². The Morgan fingerprint density at radius 1 is 1.24 bits per heavy atom. The summed E-state index contributed by atoms with van der Waals surface area (Å²) >= 11 is 3.38. The molecule has 1 unspecified atom stereocenters. The highest BCUT2D eigenvalue weighted by molar-refractivity contribution is 9.10. The van der Waals surface area contributed by atoms with Crippen LogP contribution in [0.4, 0.5) is 4.39 Å². The van der Waals surface area contributed by atoms with Gasteiger partial charge in [0, 0.05) is 36.7 Å². The van der Waals surface area contributed by atoms with E-state index >= 15 is 0 Å². The molecule has 1 amide bonds. The number of nitrogens with zero attached hydrogens (tertiary/aromatic N) is 2. The fourth-order valence-electron chi connectivity index (χ4n) is 3.90. The second-order valence-corrected chi connectivity index (χ2v) is 8.97. The summed E-state index contributed by atoms with van der Waals surface area (Å²) < 4.78 is 20.0. The molecule has 0 radical (unpaired) electrons. The molecule has 2 aromatic rings. The van der Waals surface area contributed by atoms with Crippen molar-refractivity contribution in [1.29, 1.82) is 0 Å². The molecule has 2 aliphatic rings. The van der Waals surface area contributed by atoms with Gasteiger partial charge in [-0.15, -0.1) is 0 Å². The molecular weight excluding hydrogens is 437 g/mol. The van der Waals surface area contributed by atoms with Crippen LogP contribution in [0.5, 0.6) is 0 Å². The molecule has 7 heteroatoms. The number of hydrogen-bond donors (Lipinski definition) is 1. The van der Waals surface area contributed by atoms with Gasteiger partial charge < -0.3 is 14.6 Å². The Bertz CT molecular complexity index is 797. The maximum absolute atomic E-state index is 13.9. The highest BCUT2D eigenvalue weighted by Gasteiger charge is 2.28. The second kappa shape index (κ2) is 9.41. The number of nitrogens with one attached hydrogen (secondary N) is 1. The fourth-order valence-corrected chi connectivity index (χ4v) is 4.38. The molecule has 5 nitrogen and oxygen atoms in total. The van der Waals surface area contributed by atoms with Crippen LogP contribution in [0.1, 0.15) is 36.6 Å². The van der Waals surface area contributed by atoms with E-state index in [1.54, 1.807) is 12.3 Å². The summed E-state index contributed by atoms with van der Waals surface area (Å²) in [5.74, 6) is 1.49. The van der Waals surface area contributed by atoms with E-state index in [4.69, 9.17) is 4.42 Å². The lowest BCUT2D eigenvalue weighted by Gasteiger charge is -2.34. The number of amides is 1. The lowest BCUT2D eigenvalue weighted by molar-refractivity contribution is -0.132. The van der Waals surface area contributed by atoms with E-state index < -0.39 is 0 Å². The van der Waals surface area contributed by atoms with E-state index in [0.717, 1.165) is 54.9 Å². The Kier molecular flexibility index (Phi) is 6.67. The molecule has 156 valence electrons. The first kappa shape index (κ1) is 20.6. The van der Waals surface area contributed by atoms with Crippen molar-refractivity contribution in [2.24, 2.45) is 5.92 Å². The molecule has 29 heavy (non-hydrogen) atoms. The highest BCUT2D eigenvalue weighted by atomic mass is 79.9. The van der Waals surface area contributed by atoms with Gasteiger partial charge in [0.15, 0.2) is 0 Å². The van der Waals surface area contributed by atoms with Gasteiger partial charge in [-0.05, 0) is 48.2 Å². The van der Waals surface area contributed by atoms with Crippen molar-refractivity contribution in [3.8, 4) is 0 Å². The molecule has 2 heterocycles. The topological polar surface area (TPSA) is 48.7 Å². The Morgan fingerprint density at radius 2 is 2.03 bits per heavy atom. The third-order valence-electron chi connectivity index (χ3n) is 5.74. The van der Waals surface area contributed by atoms with Gasteiger partial charge in [0.05, 0.1) is 19.4 Å². The zero-order valence-corrected chi connectivity index (χ0v) is 18.0. The molecule has 1 N–H and O–H groups in total. The Labute approximate surface area is 179 Å². The number of halogens is 2. The van der Waals surface area contributed by atoms with Crippen molar-refractivity contribution >= 4 is 21.8 Å². The minimum absolute atomic E-state index is 0.00121. The number of hydrogen-bond acceptors (Lipinski definition) is 4. The molecular formula is C22H27BrFN3O2. The second-order valence-electron chi connectivity index (χ2n) is 8.05. The van der Waals surface area contributed by atoms with Gasteiger partial charge in [-0.25, -0.2) is 4.39 Å². The van der Waals surface area contributed by atoms with Crippen molar-refractivity contribution in [3.63, 3.8) is 0 Å². The zero-order chi connectivity index (χ0) is 20.2. The van der Waals surface area contributed by atoms with Crippen molar-refractivity contribution in [1.82, 2.24) is 15.1 Å². The van der Waals surface area contributed by atoms with Crippen LogP contribution in [0, 0.1) is 11.7 Å².